The zero-order valence-corrected chi connectivity index (χ0v) is 11.7. The van der Waals surface area contributed by atoms with Gasteiger partial charge in [-0.3, -0.25) is 14.3 Å². The molecule has 1 saturated carbocycles. The minimum absolute atomic E-state index is 0.0670. The van der Waals surface area contributed by atoms with Crippen molar-refractivity contribution in [2.45, 2.75) is 25.9 Å². The van der Waals surface area contributed by atoms with Crippen LogP contribution in [0.5, 0.6) is 0 Å². The molecule has 110 valence electrons. The molecule has 6 nitrogen and oxygen atoms in total. The molecule has 1 fully saturated rings. The largest absolute Gasteiger partial charge is 0.354 e. The molecular formula is C15H18N4O2. The molecule has 2 aromatic rings. The van der Waals surface area contributed by atoms with Crippen LogP contribution in [0.3, 0.4) is 0 Å². The second-order valence-electron chi connectivity index (χ2n) is 5.65. The fourth-order valence-corrected chi connectivity index (χ4v) is 2.39. The first-order valence-corrected chi connectivity index (χ1v) is 7.07. The molecule has 0 radical (unpaired) electrons. The molecule has 0 saturated heterocycles. The Hall–Kier alpha value is -2.37. The average Bonchev–Trinajstić information content (AvgIpc) is 3.04. The van der Waals surface area contributed by atoms with Gasteiger partial charge in [0.05, 0.1) is 0 Å². The molecule has 2 aromatic heterocycles. The summed E-state index contributed by atoms with van der Waals surface area (Å²) in [4.78, 5) is 23.5. The van der Waals surface area contributed by atoms with Crippen molar-refractivity contribution < 1.29 is 4.79 Å². The van der Waals surface area contributed by atoms with Crippen LogP contribution < -0.4 is 10.9 Å². The predicted octanol–water partition coefficient (Wildman–Crippen LogP) is 0.641. The molecule has 0 aliphatic heterocycles. The van der Waals surface area contributed by atoms with E-state index >= 15 is 0 Å². The van der Waals surface area contributed by atoms with Gasteiger partial charge >= 0.3 is 0 Å². The molecule has 1 aliphatic rings. The van der Waals surface area contributed by atoms with Gasteiger partial charge in [0, 0.05) is 43.2 Å². The van der Waals surface area contributed by atoms with Crippen molar-refractivity contribution in [2.75, 3.05) is 6.54 Å². The first-order chi connectivity index (χ1) is 10.2. The van der Waals surface area contributed by atoms with Gasteiger partial charge in [-0.15, -0.1) is 0 Å². The molecule has 1 aliphatic carbocycles. The zero-order chi connectivity index (χ0) is 14.7. The Balaban J connectivity index is 1.52. The summed E-state index contributed by atoms with van der Waals surface area (Å²) in [5.74, 6) is -0.130. The van der Waals surface area contributed by atoms with Crippen LogP contribution in [0.1, 0.15) is 12.8 Å². The summed E-state index contributed by atoms with van der Waals surface area (Å²) in [6.07, 6.45) is 7.51. The quantitative estimate of drug-likeness (QED) is 0.847. The number of carbonyl (C=O) groups excluding carboxylic acids is 1. The highest BCUT2D eigenvalue weighted by Gasteiger charge is 2.43. The topological polar surface area (TPSA) is 68.9 Å². The number of hydrogen-bond donors (Lipinski definition) is 1. The highest BCUT2D eigenvalue weighted by atomic mass is 16.2. The van der Waals surface area contributed by atoms with E-state index in [0.717, 1.165) is 19.4 Å². The van der Waals surface area contributed by atoms with Crippen LogP contribution in [0.15, 0.2) is 47.7 Å². The van der Waals surface area contributed by atoms with E-state index < -0.39 is 0 Å². The number of rotatable bonds is 6. The molecule has 2 heterocycles. The van der Waals surface area contributed by atoms with E-state index in [9.17, 15) is 9.59 Å². The maximum atomic E-state index is 11.9. The Bertz CT molecular complexity index is 671. The second kappa shape index (κ2) is 5.55. The van der Waals surface area contributed by atoms with E-state index in [0.29, 0.717) is 6.54 Å². The lowest BCUT2D eigenvalue weighted by molar-refractivity contribution is -0.122. The third-order valence-corrected chi connectivity index (χ3v) is 3.89. The van der Waals surface area contributed by atoms with Crippen molar-refractivity contribution in [3.05, 3.63) is 53.2 Å². The van der Waals surface area contributed by atoms with Crippen LogP contribution in [0.2, 0.25) is 0 Å². The number of aromatic nitrogens is 3. The Morgan fingerprint density at radius 3 is 2.81 bits per heavy atom. The molecular weight excluding hydrogens is 268 g/mol. The Kier molecular flexibility index (Phi) is 3.60. The van der Waals surface area contributed by atoms with Gasteiger partial charge in [-0.2, -0.15) is 5.10 Å². The summed E-state index contributed by atoms with van der Waals surface area (Å²) < 4.78 is 3.31. The van der Waals surface area contributed by atoms with Gasteiger partial charge in [-0.1, -0.05) is 6.07 Å². The van der Waals surface area contributed by atoms with Crippen LogP contribution in [0, 0.1) is 5.41 Å². The smallest absolute Gasteiger partial charge is 0.250 e. The van der Waals surface area contributed by atoms with Crippen molar-refractivity contribution in [3.8, 4) is 0 Å². The van der Waals surface area contributed by atoms with Gasteiger partial charge in [-0.25, -0.2) is 0 Å². The summed E-state index contributed by atoms with van der Waals surface area (Å²) >= 11 is 0. The minimum Gasteiger partial charge on any atom is -0.354 e. The highest BCUT2D eigenvalue weighted by molar-refractivity contribution is 5.75. The van der Waals surface area contributed by atoms with Gasteiger partial charge in [0.15, 0.2) is 0 Å². The summed E-state index contributed by atoms with van der Waals surface area (Å²) in [7, 11) is 0. The third-order valence-electron chi connectivity index (χ3n) is 3.89. The van der Waals surface area contributed by atoms with Gasteiger partial charge in [0.1, 0.15) is 6.54 Å². The van der Waals surface area contributed by atoms with E-state index in [2.05, 4.69) is 10.4 Å². The van der Waals surface area contributed by atoms with E-state index in [4.69, 9.17) is 0 Å². The molecule has 6 heteroatoms. The summed E-state index contributed by atoms with van der Waals surface area (Å²) in [5, 5.41) is 7.14. The van der Waals surface area contributed by atoms with E-state index in [1.165, 1.54) is 10.6 Å². The van der Waals surface area contributed by atoms with Crippen LogP contribution in [-0.2, 0) is 17.9 Å². The standard InChI is InChI=1S/C15H18N4O2/c20-13(10-18-8-2-1-4-14(18)21)16-11-15(5-6-15)12-19-9-3-7-17-19/h1-4,7-9H,5-6,10-12H2,(H,16,20). The maximum absolute atomic E-state index is 11.9. The average molecular weight is 286 g/mol. The summed E-state index contributed by atoms with van der Waals surface area (Å²) in [6.45, 7) is 1.52. The van der Waals surface area contributed by atoms with Gasteiger partial charge in [0.2, 0.25) is 5.91 Å². The monoisotopic (exact) mass is 286 g/mol. The molecule has 21 heavy (non-hydrogen) atoms. The van der Waals surface area contributed by atoms with Crippen molar-refractivity contribution in [1.82, 2.24) is 19.7 Å². The second-order valence-corrected chi connectivity index (χ2v) is 5.65. The Morgan fingerprint density at radius 2 is 2.14 bits per heavy atom. The molecule has 0 unspecified atom stereocenters. The SMILES string of the molecule is O=C(Cn1ccccc1=O)NCC1(Cn2cccn2)CC1. The fourth-order valence-electron chi connectivity index (χ4n) is 2.39. The van der Waals surface area contributed by atoms with Gasteiger partial charge in [-0.05, 0) is 25.0 Å². The highest BCUT2D eigenvalue weighted by Crippen LogP contribution is 2.46. The van der Waals surface area contributed by atoms with E-state index in [1.54, 1.807) is 24.5 Å². The summed E-state index contributed by atoms with van der Waals surface area (Å²) in [6, 6.07) is 6.76. The van der Waals surface area contributed by atoms with Crippen LogP contribution in [0.4, 0.5) is 0 Å². The number of nitrogens with one attached hydrogen (secondary N) is 1. The van der Waals surface area contributed by atoms with Crippen molar-refractivity contribution >= 4 is 5.91 Å². The van der Waals surface area contributed by atoms with Crippen LogP contribution in [0.25, 0.3) is 0 Å². The zero-order valence-electron chi connectivity index (χ0n) is 11.7. The predicted molar refractivity (Wildman–Crippen MR) is 77.6 cm³/mol. The molecule has 0 bridgehead atoms. The number of hydrogen-bond acceptors (Lipinski definition) is 3. The Labute approximate surface area is 122 Å². The third kappa shape index (κ3) is 3.39. The van der Waals surface area contributed by atoms with E-state index in [1.807, 2.05) is 16.9 Å². The number of pyridine rings is 1. The molecule has 1 amide bonds. The minimum atomic E-state index is -0.162. The number of nitrogens with zero attached hydrogens (tertiary/aromatic N) is 3. The maximum Gasteiger partial charge on any atom is 0.250 e. The molecule has 0 spiro atoms. The Morgan fingerprint density at radius 1 is 1.29 bits per heavy atom. The normalized spacial score (nSPS) is 15.6. The lowest BCUT2D eigenvalue weighted by atomic mass is 10.1. The van der Waals surface area contributed by atoms with Crippen LogP contribution in [-0.4, -0.2) is 26.8 Å². The lowest BCUT2D eigenvalue weighted by Gasteiger charge is -2.16. The molecule has 1 N–H and O–H groups in total. The van der Waals surface area contributed by atoms with Gasteiger partial charge in [0.25, 0.3) is 5.56 Å². The summed E-state index contributed by atoms with van der Waals surface area (Å²) in [5.41, 5.74) is -0.0334. The first-order valence-electron chi connectivity index (χ1n) is 7.07. The van der Waals surface area contributed by atoms with Gasteiger partial charge < -0.3 is 9.88 Å². The fraction of sp³-hybridized carbons (Fsp3) is 0.400. The first kappa shape index (κ1) is 13.6. The van der Waals surface area contributed by atoms with Crippen molar-refractivity contribution in [1.29, 1.82) is 0 Å². The van der Waals surface area contributed by atoms with E-state index in [-0.39, 0.29) is 23.4 Å². The van der Waals surface area contributed by atoms with Crippen molar-refractivity contribution in [3.63, 3.8) is 0 Å². The lowest BCUT2D eigenvalue weighted by Crippen LogP contribution is -2.36. The van der Waals surface area contributed by atoms with Crippen LogP contribution >= 0.6 is 0 Å². The molecule has 0 aromatic carbocycles. The molecule has 0 atom stereocenters. The van der Waals surface area contributed by atoms with Crippen molar-refractivity contribution in [2.24, 2.45) is 5.41 Å². The number of carbonyl (C=O) groups is 1. The molecule has 3 rings (SSSR count). The number of amides is 1.